The van der Waals surface area contributed by atoms with Crippen molar-refractivity contribution in [1.29, 1.82) is 0 Å². The average molecular weight is 278 g/mol. The number of hydrogen-bond donors (Lipinski definition) is 1. The summed E-state index contributed by atoms with van der Waals surface area (Å²) < 4.78 is 0. The van der Waals surface area contributed by atoms with Crippen molar-refractivity contribution in [3.8, 4) is 0 Å². The van der Waals surface area contributed by atoms with E-state index in [4.69, 9.17) is 18.0 Å². The molecule has 0 bridgehead atoms. The summed E-state index contributed by atoms with van der Waals surface area (Å²) in [6.45, 7) is 6.42. The summed E-state index contributed by atoms with van der Waals surface area (Å²) in [6.07, 6.45) is 2.93. The summed E-state index contributed by atoms with van der Waals surface area (Å²) in [7, 11) is 2.20. The third kappa shape index (κ3) is 3.49. The highest BCUT2D eigenvalue weighted by molar-refractivity contribution is 7.80. The van der Waals surface area contributed by atoms with Gasteiger partial charge >= 0.3 is 0 Å². The maximum absolute atomic E-state index is 5.74. The number of thiocarbonyl (C=S) groups is 1. The van der Waals surface area contributed by atoms with E-state index >= 15 is 0 Å². The smallest absolute Gasteiger partial charge is 0.123 e. The molecule has 0 saturated carbocycles. The van der Waals surface area contributed by atoms with Crippen molar-refractivity contribution in [2.24, 2.45) is 5.73 Å². The molecule has 1 aromatic rings. The minimum atomic E-state index is 0.386. The summed E-state index contributed by atoms with van der Waals surface area (Å²) in [6, 6.07) is 4.66. The van der Waals surface area contributed by atoms with Crippen LogP contribution < -0.4 is 5.73 Å². The Labute approximate surface area is 120 Å². The minimum Gasteiger partial charge on any atom is -0.388 e. The van der Waals surface area contributed by atoms with Gasteiger partial charge in [-0.05, 0) is 25.1 Å². The highest BCUT2D eigenvalue weighted by atomic mass is 32.1. The zero-order valence-corrected chi connectivity index (χ0v) is 12.5. The monoisotopic (exact) mass is 278 g/mol. The molecule has 1 aliphatic heterocycles. The van der Waals surface area contributed by atoms with Crippen LogP contribution in [0.1, 0.15) is 24.6 Å². The van der Waals surface area contributed by atoms with Crippen LogP contribution in [0.5, 0.6) is 0 Å². The third-order valence-corrected chi connectivity index (χ3v) is 4.04. The molecule has 5 heteroatoms. The molecule has 4 nitrogen and oxygen atoms in total. The summed E-state index contributed by atoms with van der Waals surface area (Å²) in [5.41, 5.74) is 7.64. The van der Waals surface area contributed by atoms with E-state index in [1.54, 1.807) is 6.20 Å². The molecule has 104 valence electrons. The number of rotatable bonds is 4. The second-order valence-electron chi connectivity index (χ2n) is 5.15. The van der Waals surface area contributed by atoms with Crippen molar-refractivity contribution in [2.45, 2.75) is 25.9 Å². The van der Waals surface area contributed by atoms with Gasteiger partial charge in [-0.15, -0.1) is 0 Å². The van der Waals surface area contributed by atoms with Crippen molar-refractivity contribution in [2.75, 3.05) is 26.7 Å². The van der Waals surface area contributed by atoms with Crippen LogP contribution in [0.4, 0.5) is 0 Å². The molecule has 19 heavy (non-hydrogen) atoms. The molecule has 1 atom stereocenters. The van der Waals surface area contributed by atoms with E-state index in [0.717, 1.165) is 37.4 Å². The van der Waals surface area contributed by atoms with E-state index < -0.39 is 0 Å². The zero-order chi connectivity index (χ0) is 13.8. The van der Waals surface area contributed by atoms with Gasteiger partial charge in [-0.3, -0.25) is 9.88 Å². The Morgan fingerprint density at radius 3 is 3.00 bits per heavy atom. The first-order valence-electron chi connectivity index (χ1n) is 6.78. The first-order valence-corrected chi connectivity index (χ1v) is 7.19. The second-order valence-corrected chi connectivity index (χ2v) is 5.59. The van der Waals surface area contributed by atoms with Crippen LogP contribution in [-0.4, -0.2) is 52.5 Å². The number of pyridine rings is 1. The Kier molecular flexibility index (Phi) is 4.85. The number of piperazine rings is 1. The lowest BCUT2D eigenvalue weighted by Crippen LogP contribution is -2.50. The lowest BCUT2D eigenvalue weighted by Gasteiger charge is -2.39. The molecule has 2 N–H and O–H groups in total. The van der Waals surface area contributed by atoms with Gasteiger partial charge < -0.3 is 10.6 Å². The molecule has 1 saturated heterocycles. The molecule has 2 heterocycles. The van der Waals surface area contributed by atoms with Crippen molar-refractivity contribution < 1.29 is 0 Å². The van der Waals surface area contributed by atoms with Gasteiger partial charge in [0.15, 0.2) is 0 Å². The maximum atomic E-state index is 5.74. The standard InChI is InChI=1S/C14H22N4S/c1-3-12-10-18(8-7-17(12)2)9-11-5-4-6-16-13(11)14(15)19/h4-6,12H,3,7-10H2,1-2H3,(H2,15,19). The normalized spacial score (nSPS) is 21.5. The van der Waals surface area contributed by atoms with Crippen LogP contribution in [-0.2, 0) is 6.54 Å². The largest absolute Gasteiger partial charge is 0.388 e. The highest BCUT2D eigenvalue weighted by Gasteiger charge is 2.23. The zero-order valence-electron chi connectivity index (χ0n) is 11.7. The third-order valence-electron chi connectivity index (χ3n) is 3.85. The molecule has 2 rings (SSSR count). The van der Waals surface area contributed by atoms with Crippen molar-refractivity contribution in [1.82, 2.24) is 14.8 Å². The number of nitrogens with zero attached hydrogens (tertiary/aromatic N) is 3. The number of aromatic nitrogens is 1. The first-order chi connectivity index (χ1) is 9.11. The fraction of sp³-hybridized carbons (Fsp3) is 0.571. The SMILES string of the molecule is CCC1CN(Cc2cccnc2C(N)=S)CCN1C. The quantitative estimate of drug-likeness (QED) is 0.840. The van der Waals surface area contributed by atoms with Gasteiger partial charge in [0.05, 0.1) is 0 Å². The molecule has 0 spiro atoms. The number of nitrogens with two attached hydrogens (primary N) is 1. The van der Waals surface area contributed by atoms with Crippen LogP contribution in [0.25, 0.3) is 0 Å². The van der Waals surface area contributed by atoms with Gasteiger partial charge in [-0.2, -0.15) is 0 Å². The van der Waals surface area contributed by atoms with Gasteiger partial charge in [0.2, 0.25) is 0 Å². The Morgan fingerprint density at radius 1 is 1.53 bits per heavy atom. The molecule has 1 unspecified atom stereocenters. The van der Waals surface area contributed by atoms with E-state index in [9.17, 15) is 0 Å². The lowest BCUT2D eigenvalue weighted by atomic mass is 10.1. The highest BCUT2D eigenvalue weighted by Crippen LogP contribution is 2.15. The molecule has 0 aliphatic carbocycles. The van der Waals surface area contributed by atoms with Crippen LogP contribution >= 0.6 is 12.2 Å². The topological polar surface area (TPSA) is 45.4 Å². The lowest BCUT2D eigenvalue weighted by molar-refractivity contribution is 0.0883. The van der Waals surface area contributed by atoms with Gasteiger partial charge in [0, 0.05) is 38.4 Å². The van der Waals surface area contributed by atoms with E-state index in [1.807, 2.05) is 6.07 Å². The summed E-state index contributed by atoms with van der Waals surface area (Å²) >= 11 is 5.07. The molecule has 0 radical (unpaired) electrons. The predicted octanol–water partition coefficient (Wildman–Crippen LogP) is 1.24. The summed E-state index contributed by atoms with van der Waals surface area (Å²) in [4.78, 5) is 9.58. The van der Waals surface area contributed by atoms with Crippen LogP contribution in [0.15, 0.2) is 18.3 Å². The molecule has 0 aromatic carbocycles. The Hall–Kier alpha value is -1.04. The van der Waals surface area contributed by atoms with Crippen LogP contribution in [0, 0.1) is 0 Å². The van der Waals surface area contributed by atoms with Gasteiger partial charge in [0.25, 0.3) is 0 Å². The fourth-order valence-corrected chi connectivity index (χ4v) is 2.81. The van der Waals surface area contributed by atoms with Crippen molar-refractivity contribution >= 4 is 17.2 Å². The second kappa shape index (κ2) is 6.41. The molecule has 0 amide bonds. The van der Waals surface area contributed by atoms with Gasteiger partial charge in [0.1, 0.15) is 10.7 Å². The van der Waals surface area contributed by atoms with Crippen molar-refractivity contribution in [3.05, 3.63) is 29.6 Å². The maximum Gasteiger partial charge on any atom is 0.123 e. The summed E-state index contributed by atoms with van der Waals surface area (Å²) in [5, 5.41) is 0. The van der Waals surface area contributed by atoms with Gasteiger partial charge in [-0.25, -0.2) is 0 Å². The van der Waals surface area contributed by atoms with E-state index in [-0.39, 0.29) is 0 Å². The average Bonchev–Trinajstić information content (AvgIpc) is 2.41. The molecule has 1 fully saturated rings. The van der Waals surface area contributed by atoms with Crippen molar-refractivity contribution in [3.63, 3.8) is 0 Å². The van der Waals surface area contributed by atoms with E-state index in [1.165, 1.54) is 6.42 Å². The molecule has 1 aliphatic rings. The number of hydrogen-bond acceptors (Lipinski definition) is 4. The Balaban J connectivity index is 2.07. The fourth-order valence-electron chi connectivity index (χ4n) is 2.62. The van der Waals surface area contributed by atoms with E-state index in [0.29, 0.717) is 11.0 Å². The van der Waals surface area contributed by atoms with Crippen LogP contribution in [0.3, 0.4) is 0 Å². The van der Waals surface area contributed by atoms with E-state index in [2.05, 4.69) is 34.8 Å². The number of likely N-dealkylation sites (N-methyl/N-ethyl adjacent to an activating group) is 1. The molecule has 1 aromatic heterocycles. The minimum absolute atomic E-state index is 0.386. The molecular weight excluding hydrogens is 256 g/mol. The predicted molar refractivity (Wildman–Crippen MR) is 82.1 cm³/mol. The van der Waals surface area contributed by atoms with Crippen LogP contribution in [0.2, 0.25) is 0 Å². The molecular formula is C14H22N4S. The van der Waals surface area contributed by atoms with Gasteiger partial charge in [-0.1, -0.05) is 25.2 Å². The summed E-state index contributed by atoms with van der Waals surface area (Å²) in [5.74, 6) is 0. The Morgan fingerprint density at radius 2 is 2.32 bits per heavy atom. The Bertz CT molecular complexity index is 449. The first kappa shape index (κ1) is 14.4.